The third-order valence-corrected chi connectivity index (χ3v) is 5.41. The van der Waals surface area contributed by atoms with Crippen molar-refractivity contribution in [2.75, 3.05) is 11.9 Å². The molecule has 164 valence electrons. The topological polar surface area (TPSA) is 98.4 Å². The number of aromatic nitrogens is 5. The Labute approximate surface area is 183 Å². The third-order valence-electron chi connectivity index (χ3n) is 5.41. The van der Waals surface area contributed by atoms with E-state index < -0.39 is 0 Å². The van der Waals surface area contributed by atoms with Crippen LogP contribution in [-0.2, 0) is 7.05 Å². The van der Waals surface area contributed by atoms with Gasteiger partial charge in [-0.1, -0.05) is 0 Å². The van der Waals surface area contributed by atoms with Crippen LogP contribution in [0.3, 0.4) is 0 Å². The summed E-state index contributed by atoms with van der Waals surface area (Å²) in [6.07, 6.45) is 6.30. The van der Waals surface area contributed by atoms with Gasteiger partial charge in [-0.2, -0.15) is 10.2 Å². The summed E-state index contributed by atoms with van der Waals surface area (Å²) >= 11 is 0. The lowest BCUT2D eigenvalue weighted by atomic mass is 9.99. The Kier molecular flexibility index (Phi) is 4.76. The molecule has 2 N–H and O–H groups in total. The van der Waals surface area contributed by atoms with Crippen LogP contribution in [0.4, 0.5) is 10.2 Å². The highest BCUT2D eigenvalue weighted by Crippen LogP contribution is 2.39. The van der Waals surface area contributed by atoms with E-state index in [9.17, 15) is 9.18 Å². The summed E-state index contributed by atoms with van der Waals surface area (Å²) in [5, 5.41) is 14.6. The van der Waals surface area contributed by atoms with Crippen molar-refractivity contribution in [3.8, 4) is 16.9 Å². The summed E-state index contributed by atoms with van der Waals surface area (Å²) in [6.45, 7) is 4.01. The van der Waals surface area contributed by atoms with Gasteiger partial charge in [0.05, 0.1) is 25.0 Å². The molecule has 3 aromatic heterocycles. The first kappa shape index (κ1) is 20.0. The molecule has 1 aromatic carbocycles. The Hall–Kier alpha value is -3.95. The van der Waals surface area contributed by atoms with Gasteiger partial charge in [0.1, 0.15) is 29.1 Å². The van der Waals surface area contributed by atoms with E-state index in [1.807, 2.05) is 13.8 Å². The van der Waals surface area contributed by atoms with E-state index in [1.165, 1.54) is 18.3 Å². The van der Waals surface area contributed by atoms with Crippen molar-refractivity contribution in [3.63, 3.8) is 0 Å². The SMILES string of the molecule is C[C@H]1CNC(=O)c2cnn3ccc(nc23)N[C@H](C)c2cc(F)cc(-c3cnn(C)c3)c2O1. The molecule has 9 nitrogen and oxygen atoms in total. The summed E-state index contributed by atoms with van der Waals surface area (Å²) in [6, 6.07) is 4.31. The van der Waals surface area contributed by atoms with Crippen LogP contribution in [-0.4, -0.2) is 42.9 Å². The molecule has 2 atom stereocenters. The number of benzene rings is 1. The molecule has 5 rings (SSSR count). The van der Waals surface area contributed by atoms with Crippen LogP contribution in [0.15, 0.2) is 43.0 Å². The van der Waals surface area contributed by atoms with Crippen LogP contribution in [0.2, 0.25) is 0 Å². The standard InChI is InChI=1S/C22H22FN7O2/c1-12-8-24-22(31)18-10-26-30-5-4-19(28-21(18)30)27-13(2)16-6-15(23)7-17(20(16)32-12)14-9-25-29(3)11-14/h4-7,9-13H,8H2,1-3H3,(H,24,31)(H,27,28)/t12-,13+/m0/s1. The number of hydrogen-bond acceptors (Lipinski definition) is 6. The summed E-state index contributed by atoms with van der Waals surface area (Å²) < 4.78 is 24.2. The largest absolute Gasteiger partial charge is 0.488 e. The average Bonchev–Trinajstić information content (AvgIpc) is 3.38. The van der Waals surface area contributed by atoms with E-state index in [-0.39, 0.29) is 30.4 Å². The monoisotopic (exact) mass is 435 g/mol. The van der Waals surface area contributed by atoms with E-state index in [2.05, 4.69) is 25.8 Å². The fourth-order valence-corrected chi connectivity index (χ4v) is 3.83. The molecule has 1 amide bonds. The predicted molar refractivity (Wildman–Crippen MR) is 116 cm³/mol. The number of halogens is 1. The molecule has 10 heteroatoms. The van der Waals surface area contributed by atoms with Gasteiger partial charge >= 0.3 is 0 Å². The van der Waals surface area contributed by atoms with Crippen molar-refractivity contribution in [3.05, 3.63) is 59.9 Å². The van der Waals surface area contributed by atoms with Crippen molar-refractivity contribution in [1.29, 1.82) is 0 Å². The maximum atomic E-state index is 14.7. The molecular weight excluding hydrogens is 413 g/mol. The second-order valence-corrected chi connectivity index (χ2v) is 7.92. The average molecular weight is 435 g/mol. The first-order chi connectivity index (χ1) is 15.4. The molecule has 0 radical (unpaired) electrons. The van der Waals surface area contributed by atoms with Gasteiger partial charge in [0.2, 0.25) is 0 Å². The first-order valence-electron chi connectivity index (χ1n) is 10.3. The highest BCUT2D eigenvalue weighted by atomic mass is 19.1. The summed E-state index contributed by atoms with van der Waals surface area (Å²) in [7, 11) is 1.80. The van der Waals surface area contributed by atoms with Gasteiger partial charge < -0.3 is 15.4 Å². The number of aryl methyl sites for hydroxylation is 1. The minimum atomic E-state index is -0.383. The van der Waals surface area contributed by atoms with Crippen LogP contribution < -0.4 is 15.4 Å². The molecule has 4 aromatic rings. The highest BCUT2D eigenvalue weighted by molar-refractivity contribution is 5.99. The Morgan fingerprint density at radius 1 is 1.19 bits per heavy atom. The first-order valence-corrected chi connectivity index (χ1v) is 10.3. The van der Waals surface area contributed by atoms with Gasteiger partial charge in [-0.25, -0.2) is 13.9 Å². The molecular formula is C22H22FN7O2. The zero-order valence-corrected chi connectivity index (χ0v) is 17.8. The predicted octanol–water partition coefficient (Wildman–Crippen LogP) is 2.95. The number of carbonyl (C=O) groups is 1. The number of carbonyl (C=O) groups excluding carboxylic acids is 1. The molecule has 0 fully saturated rings. The fourth-order valence-electron chi connectivity index (χ4n) is 3.83. The lowest BCUT2D eigenvalue weighted by Gasteiger charge is -2.24. The summed E-state index contributed by atoms with van der Waals surface area (Å²) in [5.74, 6) is 0.389. The Bertz CT molecular complexity index is 1330. The van der Waals surface area contributed by atoms with Crippen LogP contribution in [0.25, 0.3) is 16.8 Å². The van der Waals surface area contributed by atoms with E-state index in [0.29, 0.717) is 33.9 Å². The van der Waals surface area contributed by atoms with Crippen molar-refractivity contribution in [2.45, 2.75) is 26.0 Å². The van der Waals surface area contributed by atoms with Crippen molar-refractivity contribution in [2.24, 2.45) is 7.05 Å². The lowest BCUT2D eigenvalue weighted by molar-refractivity contribution is 0.0933. The van der Waals surface area contributed by atoms with Gasteiger partial charge in [-0.3, -0.25) is 9.48 Å². The minimum absolute atomic E-state index is 0.251. The van der Waals surface area contributed by atoms with E-state index >= 15 is 0 Å². The minimum Gasteiger partial charge on any atom is -0.488 e. The lowest BCUT2D eigenvalue weighted by Crippen LogP contribution is -2.33. The molecule has 0 spiro atoms. The molecule has 0 saturated carbocycles. The number of rotatable bonds is 1. The Morgan fingerprint density at radius 3 is 2.81 bits per heavy atom. The van der Waals surface area contributed by atoms with Gasteiger partial charge in [-0.05, 0) is 32.0 Å². The van der Waals surface area contributed by atoms with E-state index in [0.717, 1.165) is 5.56 Å². The smallest absolute Gasteiger partial charge is 0.256 e. The summed E-state index contributed by atoms with van der Waals surface area (Å²) in [5.41, 5.74) is 2.76. The van der Waals surface area contributed by atoms with Crippen LogP contribution in [0.1, 0.15) is 35.8 Å². The summed E-state index contributed by atoms with van der Waals surface area (Å²) in [4.78, 5) is 17.3. The molecule has 1 aliphatic rings. The number of nitrogens with zero attached hydrogens (tertiary/aromatic N) is 5. The van der Waals surface area contributed by atoms with Gasteiger partial charge in [-0.15, -0.1) is 0 Å². The number of nitrogens with one attached hydrogen (secondary N) is 2. The highest BCUT2D eigenvalue weighted by Gasteiger charge is 2.24. The zero-order valence-electron chi connectivity index (χ0n) is 17.8. The third kappa shape index (κ3) is 3.53. The number of fused-ring (bicyclic) bond motifs is 2. The Balaban J connectivity index is 1.66. The van der Waals surface area contributed by atoms with Crippen molar-refractivity contribution >= 4 is 17.4 Å². The van der Waals surface area contributed by atoms with Gasteiger partial charge in [0.25, 0.3) is 5.91 Å². The fraction of sp³-hybridized carbons (Fsp3) is 0.273. The number of hydrogen-bond donors (Lipinski definition) is 2. The van der Waals surface area contributed by atoms with Crippen molar-refractivity contribution < 1.29 is 13.9 Å². The second kappa shape index (κ2) is 7.63. The Morgan fingerprint density at radius 2 is 2.03 bits per heavy atom. The van der Waals surface area contributed by atoms with E-state index in [4.69, 9.17) is 4.74 Å². The maximum Gasteiger partial charge on any atom is 0.256 e. The molecule has 4 heterocycles. The molecule has 0 saturated heterocycles. The molecule has 0 unspecified atom stereocenters. The van der Waals surface area contributed by atoms with Crippen LogP contribution in [0.5, 0.6) is 5.75 Å². The number of anilines is 1. The van der Waals surface area contributed by atoms with Crippen LogP contribution >= 0.6 is 0 Å². The quantitative estimate of drug-likeness (QED) is 0.477. The van der Waals surface area contributed by atoms with Gasteiger partial charge in [0, 0.05) is 36.1 Å². The molecule has 32 heavy (non-hydrogen) atoms. The second-order valence-electron chi connectivity index (χ2n) is 7.92. The normalized spacial score (nSPS) is 18.7. The number of amides is 1. The van der Waals surface area contributed by atoms with E-state index in [1.54, 1.807) is 40.9 Å². The van der Waals surface area contributed by atoms with Crippen LogP contribution in [0, 0.1) is 5.82 Å². The van der Waals surface area contributed by atoms with Crippen molar-refractivity contribution in [1.82, 2.24) is 29.7 Å². The molecule has 2 bridgehead atoms. The maximum absolute atomic E-state index is 14.7. The zero-order chi connectivity index (χ0) is 22.4. The van der Waals surface area contributed by atoms with Gasteiger partial charge in [0.15, 0.2) is 5.65 Å². The molecule has 1 aliphatic heterocycles. The number of ether oxygens (including phenoxy) is 1. The molecule has 0 aliphatic carbocycles.